The first-order valence-electron chi connectivity index (χ1n) is 6.43. The lowest BCUT2D eigenvalue weighted by molar-refractivity contribution is -0.142. The molecule has 0 aliphatic carbocycles. The maximum atomic E-state index is 11.7. The Morgan fingerprint density at radius 1 is 1.35 bits per heavy atom. The van der Waals surface area contributed by atoms with Crippen LogP contribution in [-0.2, 0) is 9.53 Å². The highest BCUT2D eigenvalue weighted by atomic mass is 32.2. The van der Waals surface area contributed by atoms with Crippen LogP contribution in [0.5, 0.6) is 0 Å². The highest BCUT2D eigenvalue weighted by Crippen LogP contribution is 2.26. The Bertz CT molecular complexity index is 557. The van der Waals surface area contributed by atoms with Crippen molar-refractivity contribution < 1.29 is 13.9 Å². The molecule has 0 amide bonds. The predicted octanol–water partition coefficient (Wildman–Crippen LogP) is 3.17. The number of hydrogen-bond donors (Lipinski definition) is 0. The minimum absolute atomic E-state index is 0.267. The molecule has 0 radical (unpaired) electrons. The molecule has 0 bridgehead atoms. The van der Waals surface area contributed by atoms with Gasteiger partial charge in [-0.15, -0.1) is 10.2 Å². The van der Waals surface area contributed by atoms with E-state index in [4.69, 9.17) is 9.15 Å². The van der Waals surface area contributed by atoms with Crippen molar-refractivity contribution in [3.63, 3.8) is 0 Å². The number of rotatable bonds is 6. The number of benzene rings is 1. The van der Waals surface area contributed by atoms with Crippen LogP contribution in [0.4, 0.5) is 0 Å². The molecule has 106 valence electrons. The summed E-state index contributed by atoms with van der Waals surface area (Å²) in [5.41, 5.74) is 0.855. The number of thioether (sulfide) groups is 1. The third-order valence-corrected chi connectivity index (χ3v) is 3.40. The first-order chi connectivity index (χ1) is 9.70. The van der Waals surface area contributed by atoms with Gasteiger partial charge in [0.1, 0.15) is 5.25 Å². The van der Waals surface area contributed by atoms with Crippen LogP contribution in [0.1, 0.15) is 20.3 Å². The van der Waals surface area contributed by atoms with Crippen molar-refractivity contribution in [3.8, 4) is 11.5 Å². The molecule has 1 unspecified atom stereocenters. The monoisotopic (exact) mass is 292 g/mol. The van der Waals surface area contributed by atoms with E-state index in [0.717, 1.165) is 12.0 Å². The lowest BCUT2D eigenvalue weighted by atomic mass is 10.2. The largest absolute Gasteiger partial charge is 0.465 e. The zero-order valence-electron chi connectivity index (χ0n) is 11.4. The van der Waals surface area contributed by atoms with Crippen molar-refractivity contribution in [3.05, 3.63) is 30.3 Å². The molecule has 0 aliphatic rings. The van der Waals surface area contributed by atoms with Crippen LogP contribution >= 0.6 is 11.8 Å². The molecule has 1 aromatic heterocycles. The summed E-state index contributed by atoms with van der Waals surface area (Å²) in [4.78, 5) is 11.7. The molecule has 0 fully saturated rings. The Morgan fingerprint density at radius 2 is 2.10 bits per heavy atom. The second-order valence-electron chi connectivity index (χ2n) is 4.17. The highest BCUT2D eigenvalue weighted by Gasteiger charge is 2.19. The van der Waals surface area contributed by atoms with Gasteiger partial charge >= 0.3 is 5.97 Å². The third-order valence-electron chi connectivity index (χ3n) is 2.49. The minimum Gasteiger partial charge on any atom is -0.465 e. The molecule has 0 aliphatic heterocycles. The van der Waals surface area contributed by atoms with Gasteiger partial charge in [-0.2, -0.15) is 0 Å². The Balaban J connectivity index is 1.98. The summed E-state index contributed by atoms with van der Waals surface area (Å²) in [6.45, 7) is 4.15. The molecule has 1 aromatic carbocycles. The van der Waals surface area contributed by atoms with Crippen LogP contribution in [0.15, 0.2) is 40.0 Å². The first-order valence-corrected chi connectivity index (χ1v) is 7.31. The smallest absolute Gasteiger partial charge is 0.319 e. The lowest BCUT2D eigenvalue weighted by Gasteiger charge is -2.07. The van der Waals surface area contributed by atoms with E-state index in [2.05, 4.69) is 10.2 Å². The van der Waals surface area contributed by atoms with Gasteiger partial charge in [0.05, 0.1) is 6.61 Å². The van der Waals surface area contributed by atoms with Crippen LogP contribution < -0.4 is 0 Å². The summed E-state index contributed by atoms with van der Waals surface area (Å²) in [5, 5.41) is 7.90. The van der Waals surface area contributed by atoms with Gasteiger partial charge in [0.25, 0.3) is 5.22 Å². The molecule has 0 N–H and O–H groups in total. The van der Waals surface area contributed by atoms with Gasteiger partial charge in [0.2, 0.25) is 5.89 Å². The number of carbonyl (C=O) groups excluding carboxylic acids is 1. The van der Waals surface area contributed by atoms with Gasteiger partial charge in [-0.3, -0.25) is 4.79 Å². The maximum absolute atomic E-state index is 11.7. The standard InChI is InChI=1S/C14H16N2O3S/c1-3-9-18-13(17)10(2)20-14-16-15-12(19-14)11-7-5-4-6-8-11/h4-8,10H,3,9H2,1-2H3. The Labute approximate surface area is 121 Å². The summed E-state index contributed by atoms with van der Waals surface area (Å²) in [7, 11) is 0. The van der Waals surface area contributed by atoms with Crippen molar-refractivity contribution in [1.29, 1.82) is 0 Å². The number of esters is 1. The van der Waals surface area contributed by atoms with Gasteiger partial charge in [-0.25, -0.2) is 0 Å². The van der Waals surface area contributed by atoms with Crippen LogP contribution in [-0.4, -0.2) is 28.0 Å². The van der Waals surface area contributed by atoms with E-state index in [1.807, 2.05) is 37.3 Å². The van der Waals surface area contributed by atoms with Gasteiger partial charge < -0.3 is 9.15 Å². The van der Waals surface area contributed by atoms with Crippen molar-refractivity contribution in [2.75, 3.05) is 6.61 Å². The Hall–Kier alpha value is -1.82. The summed E-state index contributed by atoms with van der Waals surface area (Å²) in [5.74, 6) is 0.179. The molecule has 5 nitrogen and oxygen atoms in total. The number of ether oxygens (including phenoxy) is 1. The first kappa shape index (κ1) is 14.6. The third kappa shape index (κ3) is 3.84. The number of aromatic nitrogens is 2. The molecule has 0 saturated heterocycles. The van der Waals surface area contributed by atoms with E-state index >= 15 is 0 Å². The van der Waals surface area contributed by atoms with Crippen LogP contribution in [0, 0.1) is 0 Å². The normalized spacial score (nSPS) is 12.1. The van der Waals surface area contributed by atoms with E-state index in [-0.39, 0.29) is 11.2 Å². The number of hydrogen-bond acceptors (Lipinski definition) is 6. The molecular weight excluding hydrogens is 276 g/mol. The molecule has 20 heavy (non-hydrogen) atoms. The van der Waals surface area contributed by atoms with Crippen molar-refractivity contribution in [1.82, 2.24) is 10.2 Å². The molecule has 1 atom stereocenters. The average Bonchev–Trinajstić information content (AvgIpc) is 2.94. The fraction of sp³-hybridized carbons (Fsp3) is 0.357. The number of nitrogens with zero attached hydrogens (tertiary/aromatic N) is 2. The molecule has 6 heteroatoms. The zero-order chi connectivity index (χ0) is 14.4. The SMILES string of the molecule is CCCOC(=O)C(C)Sc1nnc(-c2ccccc2)o1. The van der Waals surface area contributed by atoms with E-state index < -0.39 is 0 Å². The molecule has 2 aromatic rings. The average molecular weight is 292 g/mol. The van der Waals surface area contributed by atoms with Gasteiger partial charge in [-0.05, 0) is 25.5 Å². The van der Waals surface area contributed by atoms with E-state index in [1.54, 1.807) is 6.92 Å². The van der Waals surface area contributed by atoms with Crippen LogP contribution in [0.2, 0.25) is 0 Å². The van der Waals surface area contributed by atoms with Crippen molar-refractivity contribution in [2.24, 2.45) is 0 Å². The summed E-state index contributed by atoms with van der Waals surface area (Å²) >= 11 is 1.20. The van der Waals surface area contributed by atoms with E-state index in [1.165, 1.54) is 11.8 Å². The van der Waals surface area contributed by atoms with Crippen LogP contribution in [0.3, 0.4) is 0 Å². The Morgan fingerprint density at radius 3 is 2.80 bits per heavy atom. The molecule has 2 rings (SSSR count). The Kier molecular flexibility index (Phi) is 5.17. The van der Waals surface area contributed by atoms with Gasteiger partial charge in [-0.1, -0.05) is 36.9 Å². The van der Waals surface area contributed by atoms with E-state index in [0.29, 0.717) is 17.7 Å². The summed E-state index contributed by atoms with van der Waals surface area (Å²) in [6, 6.07) is 9.50. The van der Waals surface area contributed by atoms with Crippen LogP contribution in [0.25, 0.3) is 11.5 Å². The van der Waals surface area contributed by atoms with Gasteiger partial charge in [0.15, 0.2) is 0 Å². The topological polar surface area (TPSA) is 65.2 Å². The molecular formula is C14H16N2O3S. The molecule has 0 spiro atoms. The van der Waals surface area contributed by atoms with Crippen molar-refractivity contribution >= 4 is 17.7 Å². The highest BCUT2D eigenvalue weighted by molar-refractivity contribution is 8.00. The zero-order valence-corrected chi connectivity index (χ0v) is 12.2. The molecule has 0 saturated carbocycles. The summed E-state index contributed by atoms with van der Waals surface area (Å²) in [6.07, 6.45) is 0.807. The second kappa shape index (κ2) is 7.09. The predicted molar refractivity (Wildman–Crippen MR) is 76.3 cm³/mol. The maximum Gasteiger partial charge on any atom is 0.319 e. The molecule has 1 heterocycles. The fourth-order valence-electron chi connectivity index (χ4n) is 1.47. The van der Waals surface area contributed by atoms with Crippen molar-refractivity contribution in [2.45, 2.75) is 30.7 Å². The lowest BCUT2D eigenvalue weighted by Crippen LogP contribution is -2.17. The minimum atomic E-state index is -0.370. The van der Waals surface area contributed by atoms with Gasteiger partial charge in [0, 0.05) is 5.56 Å². The number of carbonyl (C=O) groups is 1. The van der Waals surface area contributed by atoms with E-state index in [9.17, 15) is 4.79 Å². The summed E-state index contributed by atoms with van der Waals surface area (Å²) < 4.78 is 10.6. The quantitative estimate of drug-likeness (QED) is 0.602. The second-order valence-corrected chi connectivity index (χ2v) is 5.46. The fourth-order valence-corrected chi connectivity index (χ4v) is 2.16.